The van der Waals surface area contributed by atoms with Crippen LogP contribution in [0.5, 0.6) is 0 Å². The van der Waals surface area contributed by atoms with E-state index in [9.17, 15) is 9.59 Å². The Bertz CT molecular complexity index is 588. The number of hydrogen-bond donors (Lipinski definition) is 2. The number of amides is 2. The zero-order valence-corrected chi connectivity index (χ0v) is 12.5. The first-order valence-electron chi connectivity index (χ1n) is 8.12. The van der Waals surface area contributed by atoms with Gasteiger partial charge in [-0.3, -0.25) is 9.59 Å². The number of rotatable bonds is 4. The maximum atomic E-state index is 12.1. The van der Waals surface area contributed by atoms with Crippen LogP contribution in [0.1, 0.15) is 18.4 Å². The Hall–Kier alpha value is -1.88. The third kappa shape index (κ3) is 2.50. The Kier molecular flexibility index (Phi) is 3.37. The predicted molar refractivity (Wildman–Crippen MR) is 83.5 cm³/mol. The fraction of sp³-hybridized carbons (Fsp3) is 0.529. The van der Waals surface area contributed by atoms with Crippen LogP contribution in [0.2, 0.25) is 0 Å². The molecule has 2 saturated heterocycles. The number of nitrogens with one attached hydrogen (secondary N) is 2. The second kappa shape index (κ2) is 5.39. The third-order valence-corrected chi connectivity index (χ3v) is 5.11. The average molecular weight is 299 g/mol. The summed E-state index contributed by atoms with van der Waals surface area (Å²) in [5.41, 5.74) is 1.94. The Morgan fingerprint density at radius 3 is 2.59 bits per heavy atom. The number of piperidine rings is 1. The molecule has 3 fully saturated rings. The summed E-state index contributed by atoms with van der Waals surface area (Å²) in [5, 5.41) is 6.47. The molecule has 22 heavy (non-hydrogen) atoms. The molecule has 1 unspecified atom stereocenters. The van der Waals surface area contributed by atoms with Gasteiger partial charge in [0.05, 0.1) is 6.42 Å². The molecule has 0 aromatic heterocycles. The molecule has 2 N–H and O–H groups in total. The largest absolute Gasteiger partial charge is 0.352 e. The van der Waals surface area contributed by atoms with Crippen LogP contribution in [-0.2, 0) is 16.0 Å². The lowest BCUT2D eigenvalue weighted by atomic mass is 10.1. The molecule has 116 valence electrons. The number of benzene rings is 1. The molecule has 1 aromatic carbocycles. The van der Waals surface area contributed by atoms with E-state index in [0.717, 1.165) is 37.3 Å². The molecule has 2 heterocycles. The van der Waals surface area contributed by atoms with Crippen LogP contribution < -0.4 is 15.5 Å². The van der Waals surface area contributed by atoms with Crippen molar-refractivity contribution < 1.29 is 9.59 Å². The minimum atomic E-state index is 0.101. The van der Waals surface area contributed by atoms with Gasteiger partial charge in [-0.15, -0.1) is 0 Å². The van der Waals surface area contributed by atoms with Gasteiger partial charge < -0.3 is 15.5 Å². The zero-order valence-electron chi connectivity index (χ0n) is 12.5. The number of carbonyl (C=O) groups is 2. The van der Waals surface area contributed by atoms with Crippen molar-refractivity contribution in [2.24, 2.45) is 11.8 Å². The van der Waals surface area contributed by atoms with Gasteiger partial charge in [-0.2, -0.15) is 0 Å². The highest BCUT2D eigenvalue weighted by Crippen LogP contribution is 2.41. The molecule has 1 aromatic rings. The monoisotopic (exact) mass is 299 g/mol. The third-order valence-electron chi connectivity index (χ3n) is 5.11. The van der Waals surface area contributed by atoms with Crippen LogP contribution in [0.4, 0.5) is 5.69 Å². The van der Waals surface area contributed by atoms with Crippen molar-refractivity contribution in [2.45, 2.75) is 25.3 Å². The molecule has 4 rings (SSSR count). The van der Waals surface area contributed by atoms with Gasteiger partial charge >= 0.3 is 0 Å². The molecule has 3 aliphatic rings. The summed E-state index contributed by atoms with van der Waals surface area (Å²) >= 11 is 0. The molecule has 2 amide bonds. The van der Waals surface area contributed by atoms with E-state index in [1.165, 1.54) is 0 Å². The minimum Gasteiger partial charge on any atom is -0.352 e. The Morgan fingerprint density at radius 1 is 1.23 bits per heavy atom. The fourth-order valence-electron chi connectivity index (χ4n) is 3.77. The van der Waals surface area contributed by atoms with Crippen LogP contribution in [0.3, 0.4) is 0 Å². The van der Waals surface area contributed by atoms with Crippen LogP contribution >= 0.6 is 0 Å². The number of anilines is 1. The highest BCUT2D eigenvalue weighted by atomic mass is 16.2. The Balaban J connectivity index is 1.33. The molecule has 5 nitrogen and oxygen atoms in total. The summed E-state index contributed by atoms with van der Waals surface area (Å²) in [6.07, 6.45) is 1.99. The van der Waals surface area contributed by atoms with Gasteiger partial charge in [0.2, 0.25) is 11.8 Å². The lowest BCUT2D eigenvalue weighted by Crippen LogP contribution is -2.33. The highest BCUT2D eigenvalue weighted by Gasteiger charge is 2.53. The van der Waals surface area contributed by atoms with Gasteiger partial charge in [-0.05, 0) is 36.0 Å². The molecule has 2 aliphatic heterocycles. The molecular weight excluding hydrogens is 278 g/mol. The molecule has 3 atom stereocenters. The molecule has 0 spiro atoms. The standard InChI is InChI=1S/C17H21N3O2/c21-15(19-17-13-9-18-10-14(13)17)8-11-3-5-12(6-4-11)20-7-1-2-16(20)22/h3-6,13-14,17-18H,1-2,7-10H2,(H,19,21)/t13-,14+,17?. The van der Waals surface area contributed by atoms with Gasteiger partial charge in [-0.1, -0.05) is 12.1 Å². The van der Waals surface area contributed by atoms with Crippen molar-refractivity contribution in [1.29, 1.82) is 0 Å². The topological polar surface area (TPSA) is 61.4 Å². The molecule has 0 radical (unpaired) electrons. The fourth-order valence-corrected chi connectivity index (χ4v) is 3.77. The van der Waals surface area contributed by atoms with Crippen LogP contribution in [-0.4, -0.2) is 37.5 Å². The normalized spacial score (nSPS) is 29.5. The van der Waals surface area contributed by atoms with E-state index in [1.54, 1.807) is 0 Å². The Morgan fingerprint density at radius 2 is 1.95 bits per heavy atom. The van der Waals surface area contributed by atoms with E-state index in [0.29, 0.717) is 30.7 Å². The lowest BCUT2D eigenvalue weighted by Gasteiger charge is -2.16. The quantitative estimate of drug-likeness (QED) is 0.860. The zero-order chi connectivity index (χ0) is 15.1. The van der Waals surface area contributed by atoms with E-state index >= 15 is 0 Å². The molecule has 1 aliphatic carbocycles. The minimum absolute atomic E-state index is 0.101. The maximum Gasteiger partial charge on any atom is 0.227 e. The molecular formula is C17H21N3O2. The van der Waals surface area contributed by atoms with Crippen molar-refractivity contribution >= 4 is 17.5 Å². The summed E-state index contributed by atoms with van der Waals surface area (Å²) in [4.78, 5) is 25.6. The summed E-state index contributed by atoms with van der Waals surface area (Å²) < 4.78 is 0. The molecule has 0 bridgehead atoms. The summed E-state index contributed by atoms with van der Waals surface area (Å²) in [6.45, 7) is 2.87. The van der Waals surface area contributed by atoms with Gasteiger partial charge in [0.15, 0.2) is 0 Å². The van der Waals surface area contributed by atoms with E-state index in [-0.39, 0.29) is 11.8 Å². The first-order chi connectivity index (χ1) is 10.7. The maximum absolute atomic E-state index is 12.1. The van der Waals surface area contributed by atoms with Crippen molar-refractivity contribution in [3.05, 3.63) is 29.8 Å². The van der Waals surface area contributed by atoms with E-state index < -0.39 is 0 Å². The number of fused-ring (bicyclic) bond motifs is 1. The molecule has 5 heteroatoms. The van der Waals surface area contributed by atoms with Gasteiger partial charge in [0.1, 0.15) is 0 Å². The average Bonchev–Trinajstić information content (AvgIpc) is 2.89. The number of nitrogens with zero attached hydrogens (tertiary/aromatic N) is 1. The molecule has 1 saturated carbocycles. The first-order valence-corrected chi connectivity index (χ1v) is 8.12. The van der Waals surface area contributed by atoms with E-state index in [2.05, 4.69) is 10.6 Å². The number of carbonyl (C=O) groups excluding carboxylic acids is 2. The summed E-state index contributed by atoms with van der Waals surface area (Å²) in [7, 11) is 0. The van der Waals surface area contributed by atoms with Crippen molar-refractivity contribution in [3.63, 3.8) is 0 Å². The van der Waals surface area contributed by atoms with Crippen molar-refractivity contribution in [2.75, 3.05) is 24.5 Å². The second-order valence-corrected chi connectivity index (χ2v) is 6.57. The first kappa shape index (κ1) is 13.8. The van der Waals surface area contributed by atoms with Crippen molar-refractivity contribution in [3.8, 4) is 0 Å². The smallest absolute Gasteiger partial charge is 0.227 e. The van der Waals surface area contributed by atoms with E-state index in [4.69, 9.17) is 0 Å². The Labute approximate surface area is 130 Å². The van der Waals surface area contributed by atoms with Crippen molar-refractivity contribution in [1.82, 2.24) is 10.6 Å². The predicted octanol–water partition coefficient (Wildman–Crippen LogP) is 0.690. The lowest BCUT2D eigenvalue weighted by molar-refractivity contribution is -0.120. The van der Waals surface area contributed by atoms with Gasteiger partial charge in [0.25, 0.3) is 0 Å². The summed E-state index contributed by atoms with van der Waals surface area (Å²) in [6, 6.07) is 8.18. The van der Waals surface area contributed by atoms with Crippen LogP contribution in [0, 0.1) is 11.8 Å². The second-order valence-electron chi connectivity index (χ2n) is 6.57. The van der Waals surface area contributed by atoms with Gasteiger partial charge in [0, 0.05) is 37.8 Å². The van der Waals surface area contributed by atoms with Crippen LogP contribution in [0.15, 0.2) is 24.3 Å². The SMILES string of the molecule is O=C(Cc1ccc(N2CCCC2=O)cc1)NC1[C@H]2CNC[C@@H]12. The summed E-state index contributed by atoms with van der Waals surface area (Å²) in [5.74, 6) is 1.59. The van der Waals surface area contributed by atoms with Gasteiger partial charge in [-0.25, -0.2) is 0 Å². The van der Waals surface area contributed by atoms with E-state index in [1.807, 2.05) is 29.2 Å². The highest BCUT2D eigenvalue weighted by molar-refractivity contribution is 5.95. The number of hydrogen-bond acceptors (Lipinski definition) is 3. The van der Waals surface area contributed by atoms with Crippen LogP contribution in [0.25, 0.3) is 0 Å².